The van der Waals surface area contributed by atoms with Gasteiger partial charge in [0.05, 0.1) is 11.6 Å². The van der Waals surface area contributed by atoms with Gasteiger partial charge in [-0.2, -0.15) is 0 Å². The van der Waals surface area contributed by atoms with E-state index in [4.69, 9.17) is 0 Å². The van der Waals surface area contributed by atoms with Crippen molar-refractivity contribution in [3.05, 3.63) is 69.6 Å². The van der Waals surface area contributed by atoms with Crippen molar-refractivity contribution < 1.29 is 9.59 Å². The van der Waals surface area contributed by atoms with Crippen molar-refractivity contribution in [3.63, 3.8) is 0 Å². The molecule has 0 aliphatic heterocycles. The number of benzene rings is 1. The van der Waals surface area contributed by atoms with Gasteiger partial charge in [-0.25, -0.2) is 0 Å². The number of pyridine rings is 1. The van der Waals surface area contributed by atoms with Crippen LogP contribution in [0.4, 0.5) is 0 Å². The molecule has 1 saturated carbocycles. The quantitative estimate of drug-likeness (QED) is 0.870. The molecule has 1 aliphatic rings. The average Bonchev–Trinajstić information content (AvgIpc) is 3.45. The van der Waals surface area contributed by atoms with Crippen LogP contribution in [0.25, 0.3) is 0 Å². The standard InChI is InChI=1S/C19H21N3O3/c1-12(13-6-4-3-5-7-13)22-11-14(17(23)21-15-8-9-15)10-16(19(22)25)18(24)20-2/h3-7,10-12,15H,8-9H2,1-2H3,(H,20,24)(H,21,23)/t12-/m0/s1. The Bertz CT molecular complexity index is 854. The normalized spacial score (nSPS) is 14.6. The van der Waals surface area contributed by atoms with E-state index in [2.05, 4.69) is 10.6 Å². The average molecular weight is 339 g/mol. The molecule has 25 heavy (non-hydrogen) atoms. The molecule has 1 aliphatic carbocycles. The highest BCUT2D eigenvalue weighted by Crippen LogP contribution is 2.20. The summed E-state index contributed by atoms with van der Waals surface area (Å²) >= 11 is 0. The second-order valence-electron chi connectivity index (χ2n) is 6.27. The summed E-state index contributed by atoms with van der Waals surface area (Å²) in [5.41, 5.74) is 0.785. The number of nitrogens with one attached hydrogen (secondary N) is 2. The number of aromatic nitrogens is 1. The highest BCUT2D eigenvalue weighted by atomic mass is 16.2. The van der Waals surface area contributed by atoms with Crippen molar-refractivity contribution >= 4 is 11.8 Å². The van der Waals surface area contributed by atoms with Gasteiger partial charge < -0.3 is 15.2 Å². The van der Waals surface area contributed by atoms with E-state index < -0.39 is 11.5 Å². The number of carbonyl (C=O) groups excluding carboxylic acids is 2. The van der Waals surface area contributed by atoms with E-state index in [1.165, 1.54) is 23.9 Å². The van der Waals surface area contributed by atoms with Crippen LogP contribution in [0, 0.1) is 0 Å². The van der Waals surface area contributed by atoms with Crippen molar-refractivity contribution in [2.75, 3.05) is 7.05 Å². The van der Waals surface area contributed by atoms with E-state index in [1.54, 1.807) is 0 Å². The van der Waals surface area contributed by atoms with E-state index in [-0.39, 0.29) is 23.6 Å². The monoisotopic (exact) mass is 339 g/mol. The molecule has 6 heteroatoms. The number of hydrogen-bond acceptors (Lipinski definition) is 3. The largest absolute Gasteiger partial charge is 0.355 e. The maximum Gasteiger partial charge on any atom is 0.264 e. The van der Waals surface area contributed by atoms with Crippen LogP contribution < -0.4 is 16.2 Å². The molecule has 6 nitrogen and oxygen atoms in total. The molecular weight excluding hydrogens is 318 g/mol. The van der Waals surface area contributed by atoms with Crippen molar-refractivity contribution in [1.82, 2.24) is 15.2 Å². The number of amides is 2. The molecule has 1 atom stereocenters. The lowest BCUT2D eigenvalue weighted by Gasteiger charge is -2.18. The van der Waals surface area contributed by atoms with E-state index in [9.17, 15) is 14.4 Å². The smallest absolute Gasteiger partial charge is 0.264 e. The first-order chi connectivity index (χ1) is 12.0. The third-order valence-corrected chi connectivity index (χ3v) is 4.39. The lowest BCUT2D eigenvalue weighted by Crippen LogP contribution is -2.35. The molecule has 3 rings (SSSR count). The summed E-state index contributed by atoms with van der Waals surface area (Å²) in [5.74, 6) is -0.762. The van der Waals surface area contributed by atoms with Crippen LogP contribution in [0.3, 0.4) is 0 Å². The molecule has 130 valence electrons. The summed E-state index contributed by atoms with van der Waals surface area (Å²) in [6, 6.07) is 10.8. The van der Waals surface area contributed by atoms with Crippen LogP contribution in [0.5, 0.6) is 0 Å². The van der Waals surface area contributed by atoms with Gasteiger partial charge in [-0.15, -0.1) is 0 Å². The molecule has 2 N–H and O–H groups in total. The van der Waals surface area contributed by atoms with Crippen LogP contribution >= 0.6 is 0 Å². The Kier molecular flexibility index (Phi) is 4.70. The molecule has 1 aromatic heterocycles. The highest BCUT2D eigenvalue weighted by molar-refractivity contribution is 5.99. The van der Waals surface area contributed by atoms with Crippen molar-refractivity contribution in [1.29, 1.82) is 0 Å². The van der Waals surface area contributed by atoms with E-state index in [0.717, 1.165) is 18.4 Å². The summed E-state index contributed by atoms with van der Waals surface area (Å²) in [6.45, 7) is 1.87. The first-order valence-corrected chi connectivity index (χ1v) is 8.35. The van der Waals surface area contributed by atoms with Gasteiger partial charge in [0, 0.05) is 19.3 Å². The number of nitrogens with zero attached hydrogens (tertiary/aromatic N) is 1. The maximum absolute atomic E-state index is 12.8. The van der Waals surface area contributed by atoms with Crippen molar-refractivity contribution in [2.45, 2.75) is 31.8 Å². The van der Waals surface area contributed by atoms with Gasteiger partial charge in [0.1, 0.15) is 5.56 Å². The lowest BCUT2D eigenvalue weighted by molar-refractivity contribution is 0.0950. The molecule has 1 heterocycles. The third kappa shape index (κ3) is 3.63. The Morgan fingerprint density at radius 2 is 1.84 bits per heavy atom. The lowest BCUT2D eigenvalue weighted by atomic mass is 10.1. The fourth-order valence-electron chi connectivity index (χ4n) is 2.70. The van der Waals surface area contributed by atoms with Gasteiger partial charge in [0.15, 0.2) is 0 Å². The molecule has 1 aromatic carbocycles. The predicted octanol–water partition coefficient (Wildman–Crippen LogP) is 1.71. The summed E-state index contributed by atoms with van der Waals surface area (Å²) < 4.78 is 1.45. The fraction of sp³-hybridized carbons (Fsp3) is 0.316. The molecule has 0 unspecified atom stereocenters. The number of rotatable bonds is 5. The zero-order valence-electron chi connectivity index (χ0n) is 14.3. The minimum Gasteiger partial charge on any atom is -0.355 e. The third-order valence-electron chi connectivity index (χ3n) is 4.39. The molecule has 0 spiro atoms. The second kappa shape index (κ2) is 6.93. The molecular formula is C19H21N3O3. The van der Waals surface area contributed by atoms with Gasteiger partial charge in [-0.3, -0.25) is 14.4 Å². The van der Waals surface area contributed by atoms with Crippen LogP contribution in [0.1, 0.15) is 52.1 Å². The second-order valence-corrected chi connectivity index (χ2v) is 6.27. The van der Waals surface area contributed by atoms with E-state index in [1.807, 2.05) is 37.3 Å². The molecule has 2 aromatic rings. The van der Waals surface area contributed by atoms with Gasteiger partial charge in [0.25, 0.3) is 17.4 Å². The topological polar surface area (TPSA) is 80.2 Å². The molecule has 2 amide bonds. The predicted molar refractivity (Wildman–Crippen MR) is 94.8 cm³/mol. The SMILES string of the molecule is CNC(=O)c1cc(C(=O)NC2CC2)cn([C@@H](C)c2ccccc2)c1=O. The molecule has 0 radical (unpaired) electrons. The Hall–Kier alpha value is -2.89. The first kappa shape index (κ1) is 17.0. The van der Waals surface area contributed by atoms with Crippen molar-refractivity contribution in [3.8, 4) is 0 Å². The Balaban J connectivity index is 2.07. The molecule has 0 saturated heterocycles. The number of hydrogen-bond donors (Lipinski definition) is 2. The highest BCUT2D eigenvalue weighted by Gasteiger charge is 2.25. The minimum atomic E-state index is -0.500. The van der Waals surface area contributed by atoms with E-state index in [0.29, 0.717) is 5.56 Å². The Labute approximate surface area is 145 Å². The maximum atomic E-state index is 12.8. The number of carbonyl (C=O) groups is 2. The van der Waals surface area contributed by atoms with Gasteiger partial charge in [-0.1, -0.05) is 30.3 Å². The minimum absolute atomic E-state index is 0.0336. The van der Waals surface area contributed by atoms with Crippen molar-refractivity contribution in [2.24, 2.45) is 0 Å². The summed E-state index contributed by atoms with van der Waals surface area (Å²) in [4.78, 5) is 37.3. The van der Waals surface area contributed by atoms with Crippen LogP contribution in [0.15, 0.2) is 47.4 Å². The van der Waals surface area contributed by atoms with Gasteiger partial charge >= 0.3 is 0 Å². The molecule has 0 bridgehead atoms. The zero-order valence-corrected chi connectivity index (χ0v) is 14.3. The summed E-state index contributed by atoms with van der Waals surface area (Å²) in [6.07, 6.45) is 3.46. The van der Waals surface area contributed by atoms with E-state index >= 15 is 0 Å². The van der Waals surface area contributed by atoms with Crippen LogP contribution in [-0.2, 0) is 0 Å². The first-order valence-electron chi connectivity index (χ1n) is 8.35. The van der Waals surface area contributed by atoms with Crippen LogP contribution in [0.2, 0.25) is 0 Å². The van der Waals surface area contributed by atoms with Gasteiger partial charge in [-0.05, 0) is 31.4 Å². The Morgan fingerprint density at radius 1 is 1.16 bits per heavy atom. The van der Waals surface area contributed by atoms with Gasteiger partial charge in [0.2, 0.25) is 0 Å². The fourth-order valence-corrected chi connectivity index (χ4v) is 2.70. The zero-order chi connectivity index (χ0) is 18.0. The van der Waals surface area contributed by atoms with Crippen LogP contribution in [-0.4, -0.2) is 29.5 Å². The summed E-state index contributed by atoms with van der Waals surface area (Å²) in [7, 11) is 1.46. The summed E-state index contributed by atoms with van der Waals surface area (Å²) in [5, 5.41) is 5.36. The molecule has 1 fully saturated rings. The Morgan fingerprint density at radius 3 is 2.44 bits per heavy atom.